The summed E-state index contributed by atoms with van der Waals surface area (Å²) in [4.78, 5) is 24.4. The maximum Gasteiger partial charge on any atom is 0.240 e. The van der Waals surface area contributed by atoms with Gasteiger partial charge in [-0.05, 0) is 51.8 Å². The van der Waals surface area contributed by atoms with Gasteiger partial charge in [0.05, 0.1) is 5.69 Å². The Labute approximate surface area is 205 Å². The minimum atomic E-state index is 0.118. The number of amides is 1. The van der Waals surface area contributed by atoms with Crippen LogP contribution in [-0.2, 0) is 4.79 Å². The fourth-order valence-electron chi connectivity index (χ4n) is 4.81. The number of nitrogen functional groups attached to an aromatic ring is 1. The van der Waals surface area contributed by atoms with Crippen LogP contribution >= 0.6 is 0 Å². The molecule has 10 nitrogen and oxygen atoms in total. The number of pyridine rings is 1. The van der Waals surface area contributed by atoms with Crippen molar-refractivity contribution in [2.24, 2.45) is 0 Å². The van der Waals surface area contributed by atoms with Crippen molar-refractivity contribution in [1.29, 1.82) is 0 Å². The number of imidazole rings is 1. The van der Waals surface area contributed by atoms with E-state index in [4.69, 9.17) is 10.7 Å². The molecular formula is C25H35N9O. The Bertz CT molecular complexity index is 1330. The van der Waals surface area contributed by atoms with Crippen LogP contribution in [0.2, 0.25) is 0 Å². The van der Waals surface area contributed by atoms with Crippen molar-refractivity contribution in [3.05, 3.63) is 30.2 Å². The molecule has 0 radical (unpaired) electrons. The standard InChI is InChI=1S/C17H20N8.C8H15NO/c1-9(2)25-10(3)20-13-6-5-12(21-16(13)25)11-7-8-24-14(11)15(19-4)22-17(18)23-24;1-7(10)9-8-5-3-2-4-6-8/h5-9H,1-4H3,(H3,18,19,22,23);8H,2-6H2,1H3,(H,9,10). The zero-order valence-corrected chi connectivity index (χ0v) is 21.2. The first-order valence-corrected chi connectivity index (χ1v) is 12.2. The number of nitrogens with zero attached hydrogens (tertiary/aromatic N) is 6. The van der Waals surface area contributed by atoms with E-state index in [0.29, 0.717) is 11.9 Å². The van der Waals surface area contributed by atoms with E-state index in [2.05, 4.69) is 44.1 Å². The van der Waals surface area contributed by atoms with Crippen LogP contribution in [0.15, 0.2) is 24.4 Å². The molecule has 0 saturated heterocycles. The van der Waals surface area contributed by atoms with Gasteiger partial charge in [0.25, 0.3) is 0 Å². The van der Waals surface area contributed by atoms with Crippen LogP contribution in [0.5, 0.6) is 0 Å². The molecule has 0 bridgehead atoms. The number of nitrogens with one attached hydrogen (secondary N) is 2. The van der Waals surface area contributed by atoms with Gasteiger partial charge in [0.2, 0.25) is 11.9 Å². The summed E-state index contributed by atoms with van der Waals surface area (Å²) >= 11 is 0. The zero-order chi connectivity index (χ0) is 25.1. The maximum absolute atomic E-state index is 10.6. The van der Waals surface area contributed by atoms with Gasteiger partial charge in [0.15, 0.2) is 11.5 Å². The molecule has 4 aromatic rings. The topological polar surface area (TPSA) is 128 Å². The molecule has 1 fully saturated rings. The summed E-state index contributed by atoms with van der Waals surface area (Å²) in [6.07, 6.45) is 8.13. The van der Waals surface area contributed by atoms with Crippen molar-refractivity contribution < 1.29 is 4.79 Å². The Morgan fingerprint density at radius 1 is 1.11 bits per heavy atom. The molecule has 186 valence electrons. The smallest absolute Gasteiger partial charge is 0.240 e. The molecule has 1 aliphatic carbocycles. The minimum Gasteiger partial charge on any atom is -0.371 e. The average molecular weight is 478 g/mol. The van der Waals surface area contributed by atoms with E-state index < -0.39 is 0 Å². The molecule has 4 heterocycles. The third-order valence-electron chi connectivity index (χ3n) is 6.28. The number of hydrogen-bond acceptors (Lipinski definition) is 7. The van der Waals surface area contributed by atoms with Crippen LogP contribution in [0.1, 0.15) is 64.7 Å². The minimum absolute atomic E-state index is 0.118. The fourth-order valence-corrected chi connectivity index (χ4v) is 4.81. The molecule has 5 rings (SSSR count). The Morgan fingerprint density at radius 3 is 2.51 bits per heavy atom. The second kappa shape index (κ2) is 10.3. The van der Waals surface area contributed by atoms with Gasteiger partial charge in [0.1, 0.15) is 16.9 Å². The van der Waals surface area contributed by atoms with Crippen LogP contribution in [0, 0.1) is 6.92 Å². The lowest BCUT2D eigenvalue weighted by Gasteiger charge is -2.21. The molecule has 1 saturated carbocycles. The molecule has 0 aromatic carbocycles. The summed E-state index contributed by atoms with van der Waals surface area (Å²) in [5, 5.41) is 10.3. The number of rotatable bonds is 4. The van der Waals surface area contributed by atoms with Gasteiger partial charge in [0, 0.05) is 37.8 Å². The molecule has 10 heteroatoms. The SMILES string of the molecule is CC(=O)NC1CCCCC1.CNc1nc(N)nn2ccc(-c3ccc4nc(C)n(C(C)C)c4n3)c12. The quantitative estimate of drug-likeness (QED) is 0.403. The normalized spacial score (nSPS) is 14.2. The molecular weight excluding hydrogens is 442 g/mol. The fraction of sp³-hybridized carbons (Fsp3) is 0.480. The van der Waals surface area contributed by atoms with Gasteiger partial charge in [-0.2, -0.15) is 4.98 Å². The number of aromatic nitrogens is 6. The van der Waals surface area contributed by atoms with Crippen molar-refractivity contribution in [3.63, 3.8) is 0 Å². The summed E-state index contributed by atoms with van der Waals surface area (Å²) in [6, 6.07) is 6.72. The maximum atomic E-state index is 10.6. The zero-order valence-electron chi connectivity index (χ0n) is 21.2. The second-order valence-corrected chi connectivity index (χ2v) is 9.29. The summed E-state index contributed by atoms with van der Waals surface area (Å²) in [6.45, 7) is 7.86. The summed E-state index contributed by atoms with van der Waals surface area (Å²) in [5.41, 5.74) is 10.2. The van der Waals surface area contributed by atoms with Gasteiger partial charge >= 0.3 is 0 Å². The van der Waals surface area contributed by atoms with E-state index in [1.54, 1.807) is 11.4 Å². The highest BCUT2D eigenvalue weighted by Crippen LogP contribution is 2.30. The van der Waals surface area contributed by atoms with E-state index in [-0.39, 0.29) is 17.9 Å². The lowest BCUT2D eigenvalue weighted by atomic mass is 9.95. The third-order valence-corrected chi connectivity index (χ3v) is 6.28. The molecule has 0 unspecified atom stereocenters. The van der Waals surface area contributed by atoms with Crippen molar-refractivity contribution in [3.8, 4) is 11.3 Å². The Balaban J connectivity index is 0.000000243. The van der Waals surface area contributed by atoms with E-state index in [1.165, 1.54) is 32.1 Å². The van der Waals surface area contributed by atoms with Gasteiger partial charge in [-0.15, -0.1) is 5.10 Å². The molecule has 35 heavy (non-hydrogen) atoms. The van der Waals surface area contributed by atoms with Gasteiger partial charge in [-0.3, -0.25) is 4.79 Å². The summed E-state index contributed by atoms with van der Waals surface area (Å²) in [5.74, 6) is 1.97. The number of fused-ring (bicyclic) bond motifs is 2. The molecule has 0 atom stereocenters. The molecule has 1 amide bonds. The Kier molecular flexibility index (Phi) is 7.18. The predicted molar refractivity (Wildman–Crippen MR) is 139 cm³/mol. The largest absolute Gasteiger partial charge is 0.371 e. The van der Waals surface area contributed by atoms with Crippen LogP contribution in [0.25, 0.3) is 27.9 Å². The van der Waals surface area contributed by atoms with Crippen LogP contribution in [0.4, 0.5) is 11.8 Å². The average Bonchev–Trinajstić information content (AvgIpc) is 3.38. The lowest BCUT2D eigenvalue weighted by Crippen LogP contribution is -2.34. The first-order valence-electron chi connectivity index (χ1n) is 12.2. The monoisotopic (exact) mass is 477 g/mol. The summed E-state index contributed by atoms with van der Waals surface area (Å²) in [7, 11) is 1.81. The number of nitrogens with two attached hydrogens (primary N) is 1. The molecule has 4 aromatic heterocycles. The van der Waals surface area contributed by atoms with E-state index in [9.17, 15) is 4.79 Å². The molecule has 0 spiro atoms. The number of aryl methyl sites for hydroxylation is 1. The first-order chi connectivity index (χ1) is 16.8. The highest BCUT2D eigenvalue weighted by atomic mass is 16.1. The van der Waals surface area contributed by atoms with Gasteiger partial charge in [-0.25, -0.2) is 14.5 Å². The van der Waals surface area contributed by atoms with Crippen molar-refractivity contribution in [2.75, 3.05) is 18.1 Å². The highest BCUT2D eigenvalue weighted by molar-refractivity contribution is 5.89. The van der Waals surface area contributed by atoms with Crippen LogP contribution < -0.4 is 16.4 Å². The van der Waals surface area contributed by atoms with Crippen molar-refractivity contribution in [1.82, 2.24) is 34.4 Å². The number of carbonyl (C=O) groups excluding carboxylic acids is 1. The van der Waals surface area contributed by atoms with E-state index in [1.807, 2.05) is 38.4 Å². The van der Waals surface area contributed by atoms with Crippen molar-refractivity contribution >= 4 is 34.4 Å². The predicted octanol–water partition coefficient (Wildman–Crippen LogP) is 4.11. The lowest BCUT2D eigenvalue weighted by molar-refractivity contribution is -0.119. The first kappa shape index (κ1) is 24.4. The number of hydrogen-bond donors (Lipinski definition) is 3. The Morgan fingerprint density at radius 2 is 1.86 bits per heavy atom. The third kappa shape index (κ3) is 5.21. The molecule has 1 aliphatic rings. The van der Waals surface area contributed by atoms with Gasteiger partial charge < -0.3 is 20.9 Å². The number of anilines is 2. The second-order valence-electron chi connectivity index (χ2n) is 9.29. The van der Waals surface area contributed by atoms with E-state index >= 15 is 0 Å². The Hall–Kier alpha value is -3.69. The molecule has 0 aliphatic heterocycles. The van der Waals surface area contributed by atoms with Gasteiger partial charge in [-0.1, -0.05) is 19.3 Å². The summed E-state index contributed by atoms with van der Waals surface area (Å²) < 4.78 is 3.87. The van der Waals surface area contributed by atoms with Crippen LogP contribution in [0.3, 0.4) is 0 Å². The molecule has 4 N–H and O–H groups in total. The number of carbonyl (C=O) groups is 1. The van der Waals surface area contributed by atoms with E-state index in [0.717, 1.165) is 33.8 Å². The highest BCUT2D eigenvalue weighted by Gasteiger charge is 2.17. The van der Waals surface area contributed by atoms with Crippen LogP contribution in [-0.4, -0.2) is 48.1 Å². The van der Waals surface area contributed by atoms with Crippen molar-refractivity contribution in [2.45, 2.75) is 71.9 Å².